The minimum atomic E-state index is -4.91. The topological polar surface area (TPSA) is 42.4 Å². The number of alkyl halides is 3. The van der Waals surface area contributed by atoms with Crippen molar-refractivity contribution in [2.75, 3.05) is 6.54 Å². The van der Waals surface area contributed by atoms with Gasteiger partial charge >= 0.3 is 6.36 Å². The van der Waals surface area contributed by atoms with Gasteiger partial charge in [-0.15, -0.1) is 13.2 Å². The third-order valence-corrected chi connectivity index (χ3v) is 4.09. The molecule has 1 aliphatic heterocycles. The fourth-order valence-corrected chi connectivity index (χ4v) is 2.92. The number of rotatable bonds is 3. The summed E-state index contributed by atoms with van der Waals surface area (Å²) < 4.78 is 55.4. The maximum absolute atomic E-state index is 13.6. The van der Waals surface area contributed by atoms with E-state index in [0.717, 1.165) is 18.2 Å². The molecule has 4 nitrogen and oxygen atoms in total. The second-order valence-corrected chi connectivity index (χ2v) is 5.65. The molecule has 2 heterocycles. The van der Waals surface area contributed by atoms with Gasteiger partial charge in [-0.3, -0.25) is 9.78 Å². The van der Waals surface area contributed by atoms with Crippen molar-refractivity contribution < 1.29 is 27.1 Å². The standard InChI is InChI=1S/C17H14F4N2O2/c1-10(13-9-11(18)4-5-15(13)25-17(19,20)21)23-8-6-14-12(16(23)24)3-2-7-22-14/h2-5,7,9-10H,6,8H2,1H3. The van der Waals surface area contributed by atoms with Crippen molar-refractivity contribution >= 4 is 5.91 Å². The van der Waals surface area contributed by atoms with Gasteiger partial charge in [-0.05, 0) is 37.3 Å². The third kappa shape index (κ3) is 3.57. The molecule has 0 saturated carbocycles. The molecule has 1 aromatic carbocycles. The van der Waals surface area contributed by atoms with E-state index in [4.69, 9.17) is 0 Å². The van der Waals surface area contributed by atoms with E-state index in [1.165, 1.54) is 11.8 Å². The number of fused-ring (bicyclic) bond motifs is 1. The van der Waals surface area contributed by atoms with Crippen LogP contribution >= 0.6 is 0 Å². The summed E-state index contributed by atoms with van der Waals surface area (Å²) in [5.74, 6) is -1.59. The van der Waals surface area contributed by atoms with Crippen molar-refractivity contribution in [3.8, 4) is 5.75 Å². The van der Waals surface area contributed by atoms with Crippen molar-refractivity contribution in [1.29, 1.82) is 0 Å². The Bertz CT molecular complexity index is 807. The van der Waals surface area contributed by atoms with Crippen LogP contribution in [-0.4, -0.2) is 28.7 Å². The van der Waals surface area contributed by atoms with Gasteiger partial charge < -0.3 is 9.64 Å². The monoisotopic (exact) mass is 354 g/mol. The maximum atomic E-state index is 13.6. The lowest BCUT2D eigenvalue weighted by Crippen LogP contribution is -2.40. The molecule has 0 fully saturated rings. The molecule has 25 heavy (non-hydrogen) atoms. The van der Waals surface area contributed by atoms with Crippen LogP contribution in [0.5, 0.6) is 5.75 Å². The Hall–Kier alpha value is -2.64. The van der Waals surface area contributed by atoms with Crippen LogP contribution in [-0.2, 0) is 6.42 Å². The van der Waals surface area contributed by atoms with Gasteiger partial charge in [-0.2, -0.15) is 0 Å². The molecule has 132 valence electrons. The Labute approximate surface area is 141 Å². The highest BCUT2D eigenvalue weighted by atomic mass is 19.4. The van der Waals surface area contributed by atoms with E-state index in [2.05, 4.69) is 9.72 Å². The molecule has 1 atom stereocenters. The van der Waals surface area contributed by atoms with Gasteiger partial charge in [0, 0.05) is 24.7 Å². The predicted molar refractivity (Wildman–Crippen MR) is 80.5 cm³/mol. The first-order valence-electron chi connectivity index (χ1n) is 7.56. The average molecular weight is 354 g/mol. The quantitative estimate of drug-likeness (QED) is 0.786. The van der Waals surface area contributed by atoms with Gasteiger partial charge in [0.15, 0.2) is 0 Å². The van der Waals surface area contributed by atoms with E-state index >= 15 is 0 Å². The highest BCUT2D eigenvalue weighted by molar-refractivity contribution is 5.96. The maximum Gasteiger partial charge on any atom is 0.573 e. The molecule has 0 spiro atoms. The minimum Gasteiger partial charge on any atom is -0.405 e. The van der Waals surface area contributed by atoms with E-state index in [0.29, 0.717) is 17.7 Å². The van der Waals surface area contributed by atoms with Gasteiger partial charge in [-0.25, -0.2) is 4.39 Å². The first-order chi connectivity index (χ1) is 11.8. The summed E-state index contributed by atoms with van der Waals surface area (Å²) in [6, 6.07) is 5.19. The number of benzene rings is 1. The Morgan fingerprint density at radius 1 is 1.28 bits per heavy atom. The molecular weight excluding hydrogens is 340 g/mol. The first kappa shape index (κ1) is 17.2. The number of pyridine rings is 1. The molecule has 1 aromatic heterocycles. The molecular formula is C17H14F4N2O2. The van der Waals surface area contributed by atoms with Crippen LogP contribution in [0.1, 0.15) is 34.6 Å². The highest BCUT2D eigenvalue weighted by Gasteiger charge is 2.35. The Balaban J connectivity index is 1.95. The van der Waals surface area contributed by atoms with Gasteiger partial charge in [0.2, 0.25) is 0 Å². The number of carbonyl (C=O) groups is 1. The van der Waals surface area contributed by atoms with Gasteiger partial charge in [0.05, 0.1) is 17.3 Å². The second kappa shape index (κ2) is 6.34. The number of carbonyl (C=O) groups excluding carboxylic acids is 1. The molecule has 0 N–H and O–H groups in total. The fraction of sp³-hybridized carbons (Fsp3) is 0.294. The van der Waals surface area contributed by atoms with Crippen molar-refractivity contribution in [2.24, 2.45) is 0 Å². The van der Waals surface area contributed by atoms with Crippen LogP contribution in [0.15, 0.2) is 36.5 Å². The van der Waals surface area contributed by atoms with Gasteiger partial charge in [0.1, 0.15) is 11.6 Å². The van der Waals surface area contributed by atoms with Crippen LogP contribution in [0.3, 0.4) is 0 Å². The van der Waals surface area contributed by atoms with Gasteiger partial charge in [-0.1, -0.05) is 0 Å². The largest absolute Gasteiger partial charge is 0.573 e. The normalized spacial score (nSPS) is 15.7. The van der Waals surface area contributed by atoms with E-state index < -0.39 is 24.0 Å². The molecule has 1 aliphatic rings. The average Bonchev–Trinajstić information content (AvgIpc) is 2.55. The Morgan fingerprint density at radius 3 is 2.76 bits per heavy atom. The summed E-state index contributed by atoms with van der Waals surface area (Å²) >= 11 is 0. The molecule has 8 heteroatoms. The number of hydrogen-bond donors (Lipinski definition) is 0. The highest BCUT2D eigenvalue weighted by Crippen LogP contribution is 2.35. The molecule has 2 aromatic rings. The van der Waals surface area contributed by atoms with E-state index in [1.54, 1.807) is 18.3 Å². The summed E-state index contributed by atoms with van der Waals surface area (Å²) in [5.41, 5.74) is 0.996. The Morgan fingerprint density at radius 2 is 2.04 bits per heavy atom. The van der Waals surface area contributed by atoms with Crippen LogP contribution < -0.4 is 4.74 Å². The first-order valence-corrected chi connectivity index (χ1v) is 7.56. The number of aromatic nitrogens is 1. The van der Waals surface area contributed by atoms with Crippen molar-refractivity contribution in [2.45, 2.75) is 25.7 Å². The smallest absolute Gasteiger partial charge is 0.405 e. The SMILES string of the molecule is CC(c1cc(F)ccc1OC(F)(F)F)N1CCc2ncccc2C1=O. The number of hydrogen-bond acceptors (Lipinski definition) is 3. The van der Waals surface area contributed by atoms with Crippen LogP contribution in [0.2, 0.25) is 0 Å². The van der Waals surface area contributed by atoms with Crippen molar-refractivity contribution in [3.63, 3.8) is 0 Å². The number of halogens is 4. The second-order valence-electron chi connectivity index (χ2n) is 5.65. The van der Waals surface area contributed by atoms with Crippen LogP contribution in [0, 0.1) is 5.82 Å². The minimum absolute atomic E-state index is 0.0435. The lowest BCUT2D eigenvalue weighted by Gasteiger charge is -2.34. The molecule has 0 bridgehead atoms. The predicted octanol–water partition coefficient (Wildman–Crippen LogP) is 3.88. The number of nitrogens with zero attached hydrogens (tertiary/aromatic N) is 2. The summed E-state index contributed by atoms with van der Waals surface area (Å²) in [6.45, 7) is 1.81. The Kier molecular flexibility index (Phi) is 4.36. The van der Waals surface area contributed by atoms with Crippen LogP contribution in [0.4, 0.5) is 17.6 Å². The van der Waals surface area contributed by atoms with Crippen LogP contribution in [0.25, 0.3) is 0 Å². The molecule has 0 aliphatic carbocycles. The number of ether oxygens (including phenoxy) is 1. The van der Waals surface area contributed by atoms with Gasteiger partial charge in [0.25, 0.3) is 5.91 Å². The summed E-state index contributed by atoms with van der Waals surface area (Å²) in [4.78, 5) is 18.2. The lowest BCUT2D eigenvalue weighted by molar-refractivity contribution is -0.275. The summed E-state index contributed by atoms with van der Waals surface area (Å²) in [5, 5.41) is 0. The molecule has 3 rings (SSSR count). The molecule has 1 amide bonds. The zero-order valence-electron chi connectivity index (χ0n) is 13.2. The van der Waals surface area contributed by atoms with Crippen molar-refractivity contribution in [1.82, 2.24) is 9.88 Å². The zero-order valence-corrected chi connectivity index (χ0v) is 13.2. The molecule has 1 unspecified atom stereocenters. The third-order valence-electron chi connectivity index (χ3n) is 4.09. The molecule has 0 saturated heterocycles. The summed E-state index contributed by atoms with van der Waals surface area (Å²) in [6.07, 6.45) is -2.86. The van der Waals surface area contributed by atoms with E-state index in [1.807, 2.05) is 0 Å². The van der Waals surface area contributed by atoms with Crippen molar-refractivity contribution in [3.05, 3.63) is 59.2 Å². The lowest BCUT2D eigenvalue weighted by atomic mass is 9.99. The van der Waals surface area contributed by atoms with E-state index in [-0.39, 0.29) is 18.0 Å². The molecule has 0 radical (unpaired) electrons. The fourth-order valence-electron chi connectivity index (χ4n) is 2.92. The zero-order chi connectivity index (χ0) is 18.2. The number of amides is 1. The van der Waals surface area contributed by atoms with E-state index in [9.17, 15) is 22.4 Å². The summed E-state index contributed by atoms with van der Waals surface area (Å²) in [7, 11) is 0.